The van der Waals surface area contributed by atoms with Gasteiger partial charge in [-0.1, -0.05) is 6.92 Å². The van der Waals surface area contributed by atoms with Crippen LogP contribution < -0.4 is 4.74 Å². The molecule has 0 bridgehead atoms. The van der Waals surface area contributed by atoms with E-state index in [9.17, 15) is 4.79 Å². The second-order valence-electron chi connectivity index (χ2n) is 3.95. The maximum Gasteiger partial charge on any atom is 0.162 e. The highest BCUT2D eigenvalue weighted by atomic mass is 32.1. The van der Waals surface area contributed by atoms with E-state index in [-0.39, 0.29) is 5.78 Å². The lowest BCUT2D eigenvalue weighted by molar-refractivity contribution is 0.0988. The van der Waals surface area contributed by atoms with E-state index in [0.717, 1.165) is 22.0 Å². The molecule has 1 aromatic carbocycles. The molecule has 4 heteroatoms. The Morgan fingerprint density at radius 3 is 2.61 bits per heavy atom. The van der Waals surface area contributed by atoms with Crippen molar-refractivity contribution in [2.24, 2.45) is 0 Å². The Kier molecular flexibility index (Phi) is 4.10. The minimum atomic E-state index is 0.150. The number of aromatic nitrogens is 1. The summed E-state index contributed by atoms with van der Waals surface area (Å²) in [6.07, 6.45) is 0.526. The zero-order valence-electron chi connectivity index (χ0n) is 10.5. The van der Waals surface area contributed by atoms with Gasteiger partial charge in [-0.3, -0.25) is 4.79 Å². The first kappa shape index (κ1) is 12.8. The normalized spacial score (nSPS) is 10.3. The number of benzene rings is 1. The van der Waals surface area contributed by atoms with Crippen LogP contribution in [0.3, 0.4) is 0 Å². The van der Waals surface area contributed by atoms with E-state index in [1.165, 1.54) is 0 Å². The summed E-state index contributed by atoms with van der Waals surface area (Å²) < 4.78 is 5.61. The number of ketones is 1. The van der Waals surface area contributed by atoms with E-state index < -0.39 is 0 Å². The molecule has 0 radical (unpaired) electrons. The van der Waals surface area contributed by atoms with Gasteiger partial charge in [-0.15, -0.1) is 11.3 Å². The van der Waals surface area contributed by atoms with E-state index in [1.807, 2.05) is 31.4 Å². The maximum absolute atomic E-state index is 11.5. The van der Waals surface area contributed by atoms with E-state index in [2.05, 4.69) is 4.98 Å². The summed E-state index contributed by atoms with van der Waals surface area (Å²) >= 11 is 1.61. The van der Waals surface area contributed by atoms with Gasteiger partial charge in [0.25, 0.3) is 0 Å². The van der Waals surface area contributed by atoms with Crippen molar-refractivity contribution < 1.29 is 9.53 Å². The van der Waals surface area contributed by atoms with Crippen LogP contribution in [0.25, 0.3) is 0 Å². The number of hydrogen-bond acceptors (Lipinski definition) is 4. The van der Waals surface area contributed by atoms with Gasteiger partial charge in [0.2, 0.25) is 0 Å². The van der Waals surface area contributed by atoms with E-state index in [4.69, 9.17) is 4.74 Å². The van der Waals surface area contributed by atoms with Crippen molar-refractivity contribution in [3.63, 3.8) is 0 Å². The molecule has 0 atom stereocenters. The first-order valence-electron chi connectivity index (χ1n) is 5.86. The smallest absolute Gasteiger partial charge is 0.162 e. The summed E-state index contributed by atoms with van der Waals surface area (Å²) in [5, 5.41) is 3.03. The fraction of sp³-hybridized carbons (Fsp3) is 0.286. The highest BCUT2D eigenvalue weighted by molar-refractivity contribution is 7.09. The average Bonchev–Trinajstić information content (AvgIpc) is 2.82. The maximum atomic E-state index is 11.5. The SMILES string of the molecule is CCC(=O)c1ccc(OCc2csc(C)n2)cc1. The molecule has 18 heavy (non-hydrogen) atoms. The van der Waals surface area contributed by atoms with Crippen LogP contribution in [0, 0.1) is 6.92 Å². The third kappa shape index (κ3) is 3.17. The number of nitrogens with zero attached hydrogens (tertiary/aromatic N) is 1. The van der Waals surface area contributed by atoms with Gasteiger partial charge in [0.15, 0.2) is 5.78 Å². The van der Waals surface area contributed by atoms with Gasteiger partial charge in [-0.2, -0.15) is 0 Å². The fourth-order valence-electron chi connectivity index (χ4n) is 1.57. The van der Waals surface area contributed by atoms with E-state index in [0.29, 0.717) is 13.0 Å². The summed E-state index contributed by atoms with van der Waals surface area (Å²) in [5.41, 5.74) is 1.67. The predicted octanol–water partition coefficient (Wildman–Crippen LogP) is 3.62. The molecular weight excluding hydrogens is 246 g/mol. The molecule has 94 valence electrons. The number of ether oxygens (including phenoxy) is 1. The lowest BCUT2D eigenvalue weighted by Crippen LogP contribution is -1.98. The largest absolute Gasteiger partial charge is 0.487 e. The predicted molar refractivity (Wildman–Crippen MR) is 72.2 cm³/mol. The summed E-state index contributed by atoms with van der Waals surface area (Å²) in [4.78, 5) is 15.8. The lowest BCUT2D eigenvalue weighted by atomic mass is 10.1. The summed E-state index contributed by atoms with van der Waals surface area (Å²) in [7, 11) is 0. The molecular formula is C14H15NO2S. The van der Waals surface area contributed by atoms with E-state index in [1.54, 1.807) is 23.5 Å². The van der Waals surface area contributed by atoms with Crippen LogP contribution in [0.15, 0.2) is 29.6 Å². The standard InChI is InChI=1S/C14H15NO2S/c1-3-14(16)11-4-6-13(7-5-11)17-8-12-9-18-10(2)15-12/h4-7,9H,3,8H2,1-2H3. The number of hydrogen-bond donors (Lipinski definition) is 0. The number of carbonyl (C=O) groups excluding carboxylic acids is 1. The molecule has 0 fully saturated rings. The first-order valence-corrected chi connectivity index (χ1v) is 6.74. The second-order valence-corrected chi connectivity index (χ2v) is 5.01. The van der Waals surface area contributed by atoms with Crippen molar-refractivity contribution in [1.82, 2.24) is 4.98 Å². The molecule has 3 nitrogen and oxygen atoms in total. The first-order chi connectivity index (χ1) is 8.69. The van der Waals surface area contributed by atoms with E-state index >= 15 is 0 Å². The molecule has 2 rings (SSSR count). The molecule has 0 aliphatic rings. The number of aryl methyl sites for hydroxylation is 1. The minimum Gasteiger partial charge on any atom is -0.487 e. The van der Waals surface area contributed by atoms with Gasteiger partial charge in [-0.25, -0.2) is 4.98 Å². The fourth-order valence-corrected chi connectivity index (χ4v) is 2.17. The molecule has 0 saturated heterocycles. The monoisotopic (exact) mass is 261 g/mol. The van der Waals surface area contributed by atoms with Crippen molar-refractivity contribution in [3.05, 3.63) is 45.9 Å². The third-order valence-electron chi connectivity index (χ3n) is 2.55. The number of thiazole rings is 1. The summed E-state index contributed by atoms with van der Waals surface area (Å²) in [6, 6.07) is 7.24. The topological polar surface area (TPSA) is 39.2 Å². The van der Waals surface area contributed by atoms with Gasteiger partial charge in [0.05, 0.1) is 10.7 Å². The van der Waals surface area contributed by atoms with Crippen LogP contribution in [-0.4, -0.2) is 10.8 Å². The Labute approximate surface area is 110 Å². The highest BCUT2D eigenvalue weighted by Crippen LogP contribution is 2.16. The summed E-state index contributed by atoms with van der Waals surface area (Å²) in [6.45, 7) is 4.29. The third-order valence-corrected chi connectivity index (χ3v) is 3.37. The zero-order valence-corrected chi connectivity index (χ0v) is 11.3. The van der Waals surface area contributed by atoms with Crippen LogP contribution in [0.2, 0.25) is 0 Å². The van der Waals surface area contributed by atoms with Crippen molar-refractivity contribution in [2.45, 2.75) is 26.9 Å². The molecule has 1 heterocycles. The van der Waals surface area contributed by atoms with Crippen molar-refractivity contribution in [1.29, 1.82) is 0 Å². The highest BCUT2D eigenvalue weighted by Gasteiger charge is 2.03. The molecule has 1 aromatic heterocycles. The average molecular weight is 261 g/mol. The molecule has 2 aromatic rings. The van der Waals surface area contributed by atoms with Gasteiger partial charge in [-0.05, 0) is 31.2 Å². The molecule has 0 unspecified atom stereocenters. The number of rotatable bonds is 5. The Balaban J connectivity index is 1.96. The molecule has 0 N–H and O–H groups in total. The number of carbonyl (C=O) groups is 1. The Morgan fingerprint density at radius 2 is 2.06 bits per heavy atom. The van der Waals surface area contributed by atoms with Gasteiger partial charge in [0, 0.05) is 17.4 Å². The number of Topliss-reactive ketones (excluding diaryl/α,β-unsaturated/α-hetero) is 1. The molecule has 0 saturated carbocycles. The molecule has 0 aliphatic heterocycles. The van der Waals surface area contributed by atoms with Crippen molar-refractivity contribution in [2.75, 3.05) is 0 Å². The van der Waals surface area contributed by atoms with Crippen LogP contribution >= 0.6 is 11.3 Å². The Morgan fingerprint density at radius 1 is 1.33 bits per heavy atom. The Hall–Kier alpha value is -1.68. The Bertz CT molecular complexity index is 531. The van der Waals surface area contributed by atoms with Gasteiger partial charge in [0.1, 0.15) is 12.4 Å². The van der Waals surface area contributed by atoms with Gasteiger partial charge < -0.3 is 4.74 Å². The second kappa shape index (κ2) is 5.78. The molecule has 0 aliphatic carbocycles. The van der Waals surface area contributed by atoms with Crippen LogP contribution in [-0.2, 0) is 6.61 Å². The van der Waals surface area contributed by atoms with Gasteiger partial charge >= 0.3 is 0 Å². The van der Waals surface area contributed by atoms with Crippen LogP contribution in [0.4, 0.5) is 0 Å². The van der Waals surface area contributed by atoms with Crippen LogP contribution in [0.5, 0.6) is 5.75 Å². The van der Waals surface area contributed by atoms with Crippen molar-refractivity contribution >= 4 is 17.1 Å². The zero-order chi connectivity index (χ0) is 13.0. The summed E-state index contributed by atoms with van der Waals surface area (Å²) in [5.74, 6) is 0.907. The lowest BCUT2D eigenvalue weighted by Gasteiger charge is -2.05. The minimum absolute atomic E-state index is 0.150. The van der Waals surface area contributed by atoms with Crippen molar-refractivity contribution in [3.8, 4) is 5.75 Å². The molecule has 0 amide bonds. The molecule has 0 spiro atoms. The quantitative estimate of drug-likeness (QED) is 0.772. The van der Waals surface area contributed by atoms with Crippen LogP contribution in [0.1, 0.15) is 34.4 Å².